The third-order valence-electron chi connectivity index (χ3n) is 4.35. The summed E-state index contributed by atoms with van der Waals surface area (Å²) in [6.45, 7) is 0.556. The largest absolute Gasteiger partial charge is 0.330 e. The van der Waals surface area contributed by atoms with Crippen LogP contribution in [-0.4, -0.2) is 17.4 Å². The van der Waals surface area contributed by atoms with Crippen LogP contribution in [0, 0.1) is 17.7 Å². The first-order valence-electron chi connectivity index (χ1n) is 7.86. The fraction of sp³-hybridized carbons (Fsp3) is 0.412. The van der Waals surface area contributed by atoms with Gasteiger partial charge in [0.15, 0.2) is 5.13 Å². The molecule has 7 heteroatoms. The van der Waals surface area contributed by atoms with Crippen LogP contribution in [0.3, 0.4) is 0 Å². The number of carbonyl (C=O) groups excluding carboxylic acids is 1. The minimum Gasteiger partial charge on any atom is -0.330 e. The predicted octanol–water partition coefficient (Wildman–Crippen LogP) is 3.61. The van der Waals surface area contributed by atoms with E-state index in [-0.39, 0.29) is 36.0 Å². The van der Waals surface area contributed by atoms with Gasteiger partial charge in [-0.1, -0.05) is 18.6 Å². The van der Waals surface area contributed by atoms with Gasteiger partial charge < -0.3 is 11.1 Å². The van der Waals surface area contributed by atoms with Crippen molar-refractivity contribution in [1.29, 1.82) is 0 Å². The summed E-state index contributed by atoms with van der Waals surface area (Å²) in [5.41, 5.74) is 6.63. The van der Waals surface area contributed by atoms with Crippen LogP contribution in [0.5, 0.6) is 0 Å². The highest BCUT2D eigenvalue weighted by Crippen LogP contribution is 2.32. The number of amides is 1. The number of aromatic nitrogens is 1. The van der Waals surface area contributed by atoms with Gasteiger partial charge in [-0.2, -0.15) is 0 Å². The van der Waals surface area contributed by atoms with Crippen molar-refractivity contribution in [3.05, 3.63) is 46.7 Å². The van der Waals surface area contributed by atoms with Crippen molar-refractivity contribution in [2.45, 2.75) is 25.7 Å². The van der Waals surface area contributed by atoms with Crippen molar-refractivity contribution in [3.63, 3.8) is 0 Å². The van der Waals surface area contributed by atoms with Gasteiger partial charge in [0.1, 0.15) is 5.82 Å². The molecule has 0 unspecified atom stereocenters. The smallest absolute Gasteiger partial charge is 0.229 e. The zero-order valence-corrected chi connectivity index (χ0v) is 14.8. The lowest BCUT2D eigenvalue weighted by Gasteiger charge is -2.16. The molecule has 1 fully saturated rings. The van der Waals surface area contributed by atoms with Gasteiger partial charge in [0.2, 0.25) is 5.91 Å². The molecule has 1 aromatic heterocycles. The maximum Gasteiger partial charge on any atom is 0.229 e. The van der Waals surface area contributed by atoms with Crippen LogP contribution in [0.25, 0.3) is 0 Å². The number of halogens is 2. The van der Waals surface area contributed by atoms with Crippen molar-refractivity contribution in [2.75, 3.05) is 11.9 Å². The van der Waals surface area contributed by atoms with Crippen molar-refractivity contribution in [1.82, 2.24) is 4.98 Å². The molecule has 24 heavy (non-hydrogen) atoms. The number of hydrogen-bond acceptors (Lipinski definition) is 4. The van der Waals surface area contributed by atoms with Crippen LogP contribution in [0.15, 0.2) is 30.5 Å². The molecule has 0 bridgehead atoms. The summed E-state index contributed by atoms with van der Waals surface area (Å²) < 4.78 is 13.2. The van der Waals surface area contributed by atoms with Crippen molar-refractivity contribution < 1.29 is 9.18 Å². The summed E-state index contributed by atoms with van der Waals surface area (Å²) in [6, 6.07) is 6.52. The van der Waals surface area contributed by atoms with Crippen LogP contribution in [0.2, 0.25) is 0 Å². The van der Waals surface area contributed by atoms with E-state index in [4.69, 9.17) is 5.73 Å². The molecule has 0 aliphatic heterocycles. The normalized spacial score (nSPS) is 19.8. The van der Waals surface area contributed by atoms with Gasteiger partial charge in [0.25, 0.3) is 0 Å². The third kappa shape index (κ3) is 4.53. The summed E-state index contributed by atoms with van der Waals surface area (Å²) in [5, 5.41) is 3.51. The number of nitrogens with one attached hydrogen (secondary N) is 1. The molecule has 1 saturated carbocycles. The van der Waals surface area contributed by atoms with E-state index in [1.165, 1.54) is 23.5 Å². The molecule has 1 aliphatic rings. The molecule has 1 amide bonds. The van der Waals surface area contributed by atoms with Gasteiger partial charge in [-0.15, -0.1) is 23.7 Å². The minimum atomic E-state index is -0.241. The van der Waals surface area contributed by atoms with Gasteiger partial charge in [-0.25, -0.2) is 9.37 Å². The lowest BCUT2D eigenvalue weighted by atomic mass is 9.95. The second kappa shape index (κ2) is 8.55. The topological polar surface area (TPSA) is 68.0 Å². The lowest BCUT2D eigenvalue weighted by molar-refractivity contribution is -0.120. The molecule has 0 saturated heterocycles. The first-order chi connectivity index (χ1) is 11.2. The first-order valence-corrected chi connectivity index (χ1v) is 8.67. The Labute approximate surface area is 151 Å². The monoisotopic (exact) mass is 369 g/mol. The second-order valence-corrected chi connectivity index (χ2v) is 7.08. The van der Waals surface area contributed by atoms with Crippen LogP contribution >= 0.6 is 23.7 Å². The Hall–Kier alpha value is -1.50. The van der Waals surface area contributed by atoms with Gasteiger partial charge in [-0.05, 0) is 43.0 Å². The first kappa shape index (κ1) is 18.8. The molecule has 1 aliphatic carbocycles. The summed E-state index contributed by atoms with van der Waals surface area (Å²) in [4.78, 5) is 17.6. The molecule has 130 valence electrons. The molecule has 1 aromatic carbocycles. The molecule has 4 nitrogen and oxygen atoms in total. The number of hydrogen-bond donors (Lipinski definition) is 2. The molecular formula is C17H21ClFN3OS. The molecule has 3 rings (SSSR count). The van der Waals surface area contributed by atoms with Crippen molar-refractivity contribution in [3.8, 4) is 0 Å². The van der Waals surface area contributed by atoms with E-state index in [1.54, 1.807) is 12.3 Å². The number of rotatable bonds is 5. The molecule has 0 spiro atoms. The number of benzene rings is 1. The van der Waals surface area contributed by atoms with E-state index in [1.807, 2.05) is 6.07 Å². The minimum absolute atomic E-state index is 0. The Kier molecular flexibility index (Phi) is 6.71. The summed E-state index contributed by atoms with van der Waals surface area (Å²) >= 11 is 1.43. The maximum atomic E-state index is 13.2. The number of carbonyl (C=O) groups is 1. The third-order valence-corrected chi connectivity index (χ3v) is 5.26. The number of thiazole rings is 1. The molecule has 2 atom stereocenters. The quantitative estimate of drug-likeness (QED) is 0.845. The van der Waals surface area contributed by atoms with E-state index >= 15 is 0 Å². The maximum absolute atomic E-state index is 13.2. The van der Waals surface area contributed by atoms with Crippen LogP contribution in [0.1, 0.15) is 29.7 Å². The van der Waals surface area contributed by atoms with Crippen molar-refractivity contribution in [2.24, 2.45) is 17.6 Å². The standard InChI is InChI=1S/C17H20FN3OS.ClH/c18-13-5-1-3-11(7-13)8-14-10-20-17(23-14)21-16(22)15-6-2-4-12(15)9-19;/h1,3,5,7,10,12,15H,2,4,6,8-9,19H2,(H,20,21,22);1H/t12-,15-;/m1./s1. The Balaban J connectivity index is 0.00000208. The Morgan fingerprint density at radius 1 is 1.42 bits per heavy atom. The van der Waals surface area contributed by atoms with E-state index in [0.717, 1.165) is 29.7 Å². The van der Waals surface area contributed by atoms with Crippen LogP contribution < -0.4 is 11.1 Å². The number of nitrogens with zero attached hydrogens (tertiary/aromatic N) is 1. The molecule has 1 heterocycles. The second-order valence-electron chi connectivity index (χ2n) is 5.96. The highest BCUT2D eigenvalue weighted by Gasteiger charge is 2.32. The van der Waals surface area contributed by atoms with E-state index in [9.17, 15) is 9.18 Å². The van der Waals surface area contributed by atoms with E-state index in [2.05, 4.69) is 10.3 Å². The predicted molar refractivity (Wildman–Crippen MR) is 97.1 cm³/mol. The average molecular weight is 370 g/mol. The fourth-order valence-corrected chi connectivity index (χ4v) is 4.01. The summed E-state index contributed by atoms with van der Waals surface area (Å²) in [7, 11) is 0. The fourth-order valence-electron chi connectivity index (χ4n) is 3.16. The van der Waals surface area contributed by atoms with Gasteiger partial charge >= 0.3 is 0 Å². The zero-order valence-electron chi connectivity index (χ0n) is 13.2. The van der Waals surface area contributed by atoms with E-state index in [0.29, 0.717) is 18.1 Å². The molecule has 3 N–H and O–H groups in total. The molecular weight excluding hydrogens is 349 g/mol. The highest BCUT2D eigenvalue weighted by molar-refractivity contribution is 7.15. The molecule has 0 radical (unpaired) electrons. The molecule has 2 aromatic rings. The Bertz CT molecular complexity index is 694. The highest BCUT2D eigenvalue weighted by atomic mass is 35.5. The average Bonchev–Trinajstić information content (AvgIpc) is 3.16. The zero-order chi connectivity index (χ0) is 16.2. The van der Waals surface area contributed by atoms with E-state index < -0.39 is 0 Å². The summed E-state index contributed by atoms with van der Waals surface area (Å²) in [5.74, 6) is 0.0523. The number of nitrogens with two attached hydrogens (primary N) is 1. The van der Waals surface area contributed by atoms with Crippen LogP contribution in [-0.2, 0) is 11.2 Å². The van der Waals surface area contributed by atoms with Crippen molar-refractivity contribution >= 4 is 34.8 Å². The van der Waals surface area contributed by atoms with Gasteiger partial charge in [0.05, 0.1) is 0 Å². The van der Waals surface area contributed by atoms with Crippen LogP contribution in [0.4, 0.5) is 9.52 Å². The summed E-state index contributed by atoms with van der Waals surface area (Å²) in [6.07, 6.45) is 5.33. The SMILES string of the molecule is Cl.NC[C@H]1CCC[C@H]1C(=O)Nc1ncc(Cc2cccc(F)c2)s1. The Morgan fingerprint density at radius 3 is 3.00 bits per heavy atom. The van der Waals surface area contributed by atoms with Gasteiger partial charge in [-0.3, -0.25) is 4.79 Å². The lowest BCUT2D eigenvalue weighted by Crippen LogP contribution is -2.29. The van der Waals surface area contributed by atoms with Gasteiger partial charge in [0, 0.05) is 23.4 Å². The number of anilines is 1. The Morgan fingerprint density at radius 2 is 2.25 bits per heavy atom.